The van der Waals surface area contributed by atoms with E-state index in [0.717, 1.165) is 25.8 Å². The number of rotatable bonds is 8. The normalized spacial score (nSPS) is 13.4. The molecule has 0 aliphatic heterocycles. The highest BCUT2D eigenvalue weighted by molar-refractivity contribution is 7.90. The molecule has 1 unspecified atom stereocenters. The van der Waals surface area contributed by atoms with E-state index in [1.807, 2.05) is 18.2 Å². The van der Waals surface area contributed by atoms with Gasteiger partial charge in [0.2, 0.25) is 0 Å². The minimum absolute atomic E-state index is 0.0557. The van der Waals surface area contributed by atoms with E-state index in [4.69, 9.17) is 0 Å². The maximum Gasteiger partial charge on any atom is 0.148 e. The molecule has 0 heterocycles. The molecular weight excluding hydrogens is 246 g/mol. The molecule has 18 heavy (non-hydrogen) atoms. The summed E-state index contributed by atoms with van der Waals surface area (Å²) < 4.78 is 22.8. The van der Waals surface area contributed by atoms with Gasteiger partial charge in [-0.2, -0.15) is 0 Å². The molecule has 0 amide bonds. The van der Waals surface area contributed by atoms with Crippen LogP contribution in [0.15, 0.2) is 30.3 Å². The molecule has 0 saturated heterocycles. The van der Waals surface area contributed by atoms with Crippen molar-refractivity contribution in [3.05, 3.63) is 35.9 Å². The number of benzene rings is 1. The molecule has 1 rings (SSSR count). The first-order chi connectivity index (χ1) is 8.51. The van der Waals surface area contributed by atoms with Crippen LogP contribution >= 0.6 is 0 Å². The summed E-state index contributed by atoms with van der Waals surface area (Å²) in [4.78, 5) is 0. The largest absolute Gasteiger partial charge is 0.313 e. The number of aryl methyl sites for hydroxylation is 1. The molecule has 1 aromatic carbocycles. The smallest absolute Gasteiger partial charge is 0.148 e. The van der Waals surface area contributed by atoms with E-state index in [0.29, 0.717) is 0 Å². The van der Waals surface area contributed by atoms with Gasteiger partial charge < -0.3 is 5.32 Å². The zero-order chi connectivity index (χ0) is 13.4. The molecule has 3 nitrogen and oxygen atoms in total. The Labute approximate surface area is 111 Å². The Morgan fingerprint density at radius 2 is 1.89 bits per heavy atom. The summed E-state index contributed by atoms with van der Waals surface area (Å²) in [6.07, 6.45) is 4.09. The Kier molecular flexibility index (Phi) is 6.36. The number of nitrogens with one attached hydrogen (secondary N) is 1. The lowest BCUT2D eigenvalue weighted by Crippen LogP contribution is -2.36. The molecular formula is C14H23NO2S. The second kappa shape index (κ2) is 7.54. The van der Waals surface area contributed by atoms with Crippen LogP contribution in [0.2, 0.25) is 0 Å². The van der Waals surface area contributed by atoms with Crippen molar-refractivity contribution in [1.29, 1.82) is 0 Å². The summed E-state index contributed by atoms with van der Waals surface area (Å²) in [5.41, 5.74) is 1.26. The van der Waals surface area contributed by atoms with Crippen LogP contribution in [-0.2, 0) is 16.3 Å². The highest BCUT2D eigenvalue weighted by atomic mass is 32.2. The predicted octanol–water partition coefficient (Wildman–Crippen LogP) is 2.03. The second-order valence-electron chi connectivity index (χ2n) is 4.77. The quantitative estimate of drug-likeness (QED) is 0.785. The van der Waals surface area contributed by atoms with Crippen LogP contribution in [0.3, 0.4) is 0 Å². The van der Waals surface area contributed by atoms with Crippen molar-refractivity contribution < 1.29 is 8.42 Å². The monoisotopic (exact) mass is 269 g/mol. The number of sulfone groups is 1. The van der Waals surface area contributed by atoms with E-state index >= 15 is 0 Å². The van der Waals surface area contributed by atoms with Gasteiger partial charge in [0.15, 0.2) is 0 Å². The fourth-order valence-electron chi connectivity index (χ4n) is 1.94. The van der Waals surface area contributed by atoms with Crippen molar-refractivity contribution in [2.75, 3.05) is 18.6 Å². The van der Waals surface area contributed by atoms with E-state index < -0.39 is 9.84 Å². The second-order valence-corrected chi connectivity index (χ2v) is 6.95. The highest BCUT2D eigenvalue weighted by Gasteiger charge is 2.14. The van der Waals surface area contributed by atoms with E-state index in [9.17, 15) is 8.42 Å². The molecule has 0 aliphatic carbocycles. The minimum atomic E-state index is -2.92. The van der Waals surface area contributed by atoms with Crippen LogP contribution in [0.25, 0.3) is 0 Å². The van der Waals surface area contributed by atoms with Crippen LogP contribution in [-0.4, -0.2) is 33.0 Å². The molecule has 0 saturated carbocycles. The summed E-state index contributed by atoms with van der Waals surface area (Å²) in [6, 6.07) is 10.2. The Morgan fingerprint density at radius 3 is 2.44 bits per heavy atom. The van der Waals surface area contributed by atoms with Crippen molar-refractivity contribution in [3.63, 3.8) is 0 Å². The summed E-state index contributed by atoms with van der Waals surface area (Å²) >= 11 is 0. The summed E-state index contributed by atoms with van der Waals surface area (Å²) in [5, 5.41) is 3.32. The molecule has 102 valence electrons. The van der Waals surface area contributed by atoms with Gasteiger partial charge in [-0.05, 0) is 31.4 Å². The third kappa shape index (κ3) is 6.77. The molecule has 4 heteroatoms. The fraction of sp³-hybridized carbons (Fsp3) is 0.571. The average Bonchev–Trinajstić information content (AvgIpc) is 2.32. The Bertz CT molecular complexity index is 428. The van der Waals surface area contributed by atoms with E-state index in [1.54, 1.807) is 0 Å². The Hall–Kier alpha value is -0.870. The van der Waals surface area contributed by atoms with Gasteiger partial charge >= 0.3 is 0 Å². The topological polar surface area (TPSA) is 46.2 Å². The van der Waals surface area contributed by atoms with Crippen LogP contribution < -0.4 is 5.32 Å². The van der Waals surface area contributed by atoms with Crippen molar-refractivity contribution in [2.24, 2.45) is 0 Å². The molecule has 1 N–H and O–H groups in total. The van der Waals surface area contributed by atoms with Crippen molar-refractivity contribution in [3.8, 4) is 0 Å². The predicted molar refractivity (Wildman–Crippen MR) is 76.6 cm³/mol. The average molecular weight is 269 g/mol. The highest BCUT2D eigenvalue weighted by Crippen LogP contribution is 2.06. The third-order valence-electron chi connectivity index (χ3n) is 2.81. The molecule has 0 spiro atoms. The summed E-state index contributed by atoms with van der Waals surface area (Å²) in [7, 11) is -2.92. The zero-order valence-electron chi connectivity index (χ0n) is 11.2. The maximum atomic E-state index is 11.4. The fourth-order valence-corrected chi connectivity index (χ4v) is 2.96. The number of hydrogen-bond acceptors (Lipinski definition) is 3. The van der Waals surface area contributed by atoms with Crippen LogP contribution in [0.4, 0.5) is 0 Å². The third-order valence-corrected chi connectivity index (χ3v) is 3.82. The minimum Gasteiger partial charge on any atom is -0.313 e. The lowest BCUT2D eigenvalue weighted by atomic mass is 10.1. The van der Waals surface area contributed by atoms with E-state index in [-0.39, 0.29) is 11.8 Å². The van der Waals surface area contributed by atoms with Gasteiger partial charge in [0.05, 0.1) is 5.75 Å². The molecule has 1 aromatic rings. The molecule has 0 bridgehead atoms. The van der Waals surface area contributed by atoms with Crippen molar-refractivity contribution in [1.82, 2.24) is 5.32 Å². The van der Waals surface area contributed by atoms with E-state index in [1.165, 1.54) is 11.8 Å². The van der Waals surface area contributed by atoms with Gasteiger partial charge in [0.1, 0.15) is 9.84 Å². The van der Waals surface area contributed by atoms with Crippen LogP contribution in [0.1, 0.15) is 25.3 Å². The van der Waals surface area contributed by atoms with Gasteiger partial charge in [0.25, 0.3) is 0 Å². The van der Waals surface area contributed by atoms with E-state index in [2.05, 4.69) is 24.4 Å². The lowest BCUT2D eigenvalue weighted by molar-refractivity contribution is 0.506. The standard InChI is InChI=1S/C14H23NO2S/c1-3-11-15-14(12-18(2,16)17)10-9-13-7-5-4-6-8-13/h4-8,14-15H,3,9-12H2,1-2H3. The van der Waals surface area contributed by atoms with Gasteiger partial charge in [-0.3, -0.25) is 0 Å². The number of hydrogen-bond donors (Lipinski definition) is 1. The molecule has 1 atom stereocenters. The van der Waals surface area contributed by atoms with Gasteiger partial charge in [-0.1, -0.05) is 37.3 Å². The first kappa shape index (κ1) is 15.2. The Morgan fingerprint density at radius 1 is 1.22 bits per heavy atom. The maximum absolute atomic E-state index is 11.4. The molecule has 0 radical (unpaired) electrons. The van der Waals surface area contributed by atoms with Crippen molar-refractivity contribution in [2.45, 2.75) is 32.2 Å². The molecule has 0 aromatic heterocycles. The lowest BCUT2D eigenvalue weighted by Gasteiger charge is -2.17. The van der Waals surface area contributed by atoms with Gasteiger partial charge in [0, 0.05) is 12.3 Å². The first-order valence-corrected chi connectivity index (χ1v) is 8.52. The summed E-state index contributed by atoms with van der Waals surface area (Å²) in [5.74, 6) is 0.222. The molecule has 0 fully saturated rings. The van der Waals surface area contributed by atoms with Crippen molar-refractivity contribution >= 4 is 9.84 Å². The van der Waals surface area contributed by atoms with Crippen LogP contribution in [0.5, 0.6) is 0 Å². The zero-order valence-corrected chi connectivity index (χ0v) is 12.0. The van der Waals surface area contributed by atoms with Gasteiger partial charge in [-0.15, -0.1) is 0 Å². The van der Waals surface area contributed by atoms with Crippen LogP contribution in [0, 0.1) is 0 Å². The van der Waals surface area contributed by atoms with Gasteiger partial charge in [-0.25, -0.2) is 8.42 Å². The Balaban J connectivity index is 2.50. The molecule has 0 aliphatic rings. The first-order valence-electron chi connectivity index (χ1n) is 6.46. The SMILES string of the molecule is CCCNC(CCc1ccccc1)CS(C)(=O)=O. The summed E-state index contributed by atoms with van der Waals surface area (Å²) in [6.45, 7) is 2.96.